The van der Waals surface area contributed by atoms with Crippen LogP contribution in [0.5, 0.6) is 0 Å². The molecule has 3 fully saturated rings. The van der Waals surface area contributed by atoms with Gasteiger partial charge in [0.1, 0.15) is 0 Å². The van der Waals surface area contributed by atoms with E-state index in [1.54, 1.807) is 0 Å². The van der Waals surface area contributed by atoms with Gasteiger partial charge >= 0.3 is 0 Å². The van der Waals surface area contributed by atoms with Gasteiger partial charge in [-0.1, -0.05) is 13.8 Å². The Morgan fingerprint density at radius 3 is 2.05 bits per heavy atom. The van der Waals surface area contributed by atoms with Crippen LogP contribution in [0.1, 0.15) is 58.8 Å². The maximum atomic E-state index is 6.11. The Hall–Kier alpha value is -0.0800. The van der Waals surface area contributed by atoms with Gasteiger partial charge in [0.2, 0.25) is 0 Å². The molecule has 2 atom stereocenters. The lowest BCUT2D eigenvalue weighted by Crippen LogP contribution is -2.36. The molecule has 0 spiro atoms. The van der Waals surface area contributed by atoms with Crippen molar-refractivity contribution in [3.05, 3.63) is 0 Å². The molecule has 0 radical (unpaired) electrons. The summed E-state index contributed by atoms with van der Waals surface area (Å²) in [4.78, 5) is 0. The molecule has 3 aliphatic rings. The molecule has 19 heavy (non-hydrogen) atoms. The molecule has 0 aromatic carbocycles. The Bertz CT molecular complexity index is 263. The fourth-order valence-electron chi connectivity index (χ4n) is 4.09. The van der Waals surface area contributed by atoms with E-state index in [1.165, 1.54) is 44.9 Å². The minimum atomic E-state index is 0.529. The molecule has 3 rings (SSSR count). The van der Waals surface area contributed by atoms with Crippen LogP contribution in [-0.4, -0.2) is 25.3 Å². The predicted octanol–water partition coefficient (Wildman–Crippen LogP) is 3.61. The third kappa shape index (κ3) is 4.19. The molecule has 2 nitrogen and oxygen atoms in total. The van der Waals surface area contributed by atoms with E-state index in [2.05, 4.69) is 19.2 Å². The van der Waals surface area contributed by atoms with Gasteiger partial charge in [-0.3, -0.25) is 0 Å². The van der Waals surface area contributed by atoms with E-state index in [1.807, 2.05) is 0 Å². The molecule has 0 saturated heterocycles. The lowest BCUT2D eigenvalue weighted by Gasteiger charge is -2.31. The zero-order valence-corrected chi connectivity index (χ0v) is 12.7. The molecule has 110 valence electrons. The van der Waals surface area contributed by atoms with E-state index >= 15 is 0 Å². The monoisotopic (exact) mass is 265 g/mol. The molecular weight excluding hydrogens is 234 g/mol. The molecule has 0 bridgehead atoms. The van der Waals surface area contributed by atoms with Crippen molar-refractivity contribution in [3.8, 4) is 0 Å². The maximum absolute atomic E-state index is 6.11. The quantitative estimate of drug-likeness (QED) is 0.710. The molecule has 0 aliphatic heterocycles. The van der Waals surface area contributed by atoms with Crippen molar-refractivity contribution in [3.63, 3.8) is 0 Å². The number of rotatable bonds is 7. The third-order valence-electron chi connectivity index (χ3n) is 5.23. The summed E-state index contributed by atoms with van der Waals surface area (Å²) in [6.45, 7) is 6.73. The third-order valence-corrected chi connectivity index (χ3v) is 5.23. The number of hydrogen-bond acceptors (Lipinski definition) is 2. The summed E-state index contributed by atoms with van der Waals surface area (Å²) in [6, 6.07) is 0.827. The first kappa shape index (κ1) is 13.9. The molecule has 3 aliphatic carbocycles. The van der Waals surface area contributed by atoms with Crippen molar-refractivity contribution in [1.82, 2.24) is 5.32 Å². The maximum Gasteiger partial charge on any atom is 0.0594 e. The molecule has 2 unspecified atom stereocenters. The first-order chi connectivity index (χ1) is 9.22. The topological polar surface area (TPSA) is 21.3 Å². The smallest absolute Gasteiger partial charge is 0.0594 e. The first-order valence-corrected chi connectivity index (χ1v) is 8.57. The van der Waals surface area contributed by atoms with E-state index in [0.717, 1.165) is 42.9 Å². The molecular formula is C17H31NO. The Morgan fingerprint density at radius 2 is 1.53 bits per heavy atom. The second kappa shape index (κ2) is 6.13. The lowest BCUT2D eigenvalue weighted by molar-refractivity contribution is 0.00164. The van der Waals surface area contributed by atoms with Gasteiger partial charge in [0.15, 0.2) is 0 Å². The summed E-state index contributed by atoms with van der Waals surface area (Å²) in [6.07, 6.45) is 10.3. The molecule has 0 aromatic heterocycles. The summed E-state index contributed by atoms with van der Waals surface area (Å²) < 4.78 is 6.11. The van der Waals surface area contributed by atoms with Crippen LogP contribution in [0.2, 0.25) is 0 Å². The SMILES string of the molecule is CC1CC(C)CC(OCCNC(C2CC2)C2CC2)C1. The standard InChI is InChI=1S/C17H31NO/c1-12-9-13(2)11-16(10-12)19-8-7-18-17(14-3-4-14)15-5-6-15/h12-18H,3-11H2,1-2H3. The Morgan fingerprint density at radius 1 is 0.947 bits per heavy atom. The van der Waals surface area contributed by atoms with Crippen LogP contribution in [0.25, 0.3) is 0 Å². The zero-order valence-electron chi connectivity index (χ0n) is 12.7. The Labute approximate surface area is 118 Å². The molecule has 2 heteroatoms. The number of ether oxygens (including phenoxy) is 1. The molecule has 0 aromatic rings. The van der Waals surface area contributed by atoms with Crippen LogP contribution < -0.4 is 5.32 Å². The van der Waals surface area contributed by atoms with Gasteiger partial charge < -0.3 is 10.1 Å². The van der Waals surface area contributed by atoms with Crippen LogP contribution in [-0.2, 0) is 4.74 Å². The average Bonchev–Trinajstić information content (AvgIpc) is 3.22. The summed E-state index contributed by atoms with van der Waals surface area (Å²) in [5.74, 6) is 3.71. The van der Waals surface area contributed by atoms with E-state index < -0.39 is 0 Å². The molecule has 1 N–H and O–H groups in total. The zero-order chi connectivity index (χ0) is 13.2. The summed E-state index contributed by atoms with van der Waals surface area (Å²) in [7, 11) is 0. The highest BCUT2D eigenvalue weighted by Gasteiger charge is 2.40. The van der Waals surface area contributed by atoms with Crippen LogP contribution in [0.3, 0.4) is 0 Å². The Kier molecular flexibility index (Phi) is 4.48. The fraction of sp³-hybridized carbons (Fsp3) is 1.00. The summed E-state index contributed by atoms with van der Waals surface area (Å²) >= 11 is 0. The van der Waals surface area contributed by atoms with Crippen molar-refractivity contribution in [1.29, 1.82) is 0 Å². The van der Waals surface area contributed by atoms with Crippen LogP contribution >= 0.6 is 0 Å². The second-order valence-corrected chi connectivity index (χ2v) is 7.57. The minimum Gasteiger partial charge on any atom is -0.377 e. The van der Waals surface area contributed by atoms with Crippen LogP contribution in [0.4, 0.5) is 0 Å². The fourth-order valence-corrected chi connectivity index (χ4v) is 4.09. The van der Waals surface area contributed by atoms with Crippen LogP contribution in [0, 0.1) is 23.7 Å². The highest BCUT2D eigenvalue weighted by molar-refractivity contribution is 4.96. The highest BCUT2D eigenvalue weighted by atomic mass is 16.5. The van der Waals surface area contributed by atoms with E-state index in [4.69, 9.17) is 4.74 Å². The van der Waals surface area contributed by atoms with Crippen molar-refractivity contribution < 1.29 is 4.74 Å². The van der Waals surface area contributed by atoms with Gasteiger partial charge in [0.05, 0.1) is 12.7 Å². The van der Waals surface area contributed by atoms with Crippen molar-refractivity contribution in [2.24, 2.45) is 23.7 Å². The predicted molar refractivity (Wildman–Crippen MR) is 79.2 cm³/mol. The van der Waals surface area contributed by atoms with Gasteiger partial charge in [0, 0.05) is 12.6 Å². The summed E-state index contributed by atoms with van der Waals surface area (Å²) in [5.41, 5.74) is 0. The van der Waals surface area contributed by atoms with Gasteiger partial charge in [-0.15, -0.1) is 0 Å². The largest absolute Gasteiger partial charge is 0.377 e. The van der Waals surface area contributed by atoms with E-state index in [0.29, 0.717) is 6.10 Å². The molecule has 3 saturated carbocycles. The van der Waals surface area contributed by atoms with Gasteiger partial charge in [-0.05, 0) is 68.6 Å². The molecule has 0 heterocycles. The average molecular weight is 265 g/mol. The Balaban J connectivity index is 1.31. The van der Waals surface area contributed by atoms with Crippen molar-refractivity contribution in [2.75, 3.05) is 13.2 Å². The van der Waals surface area contributed by atoms with Crippen molar-refractivity contribution in [2.45, 2.75) is 70.9 Å². The van der Waals surface area contributed by atoms with Crippen molar-refractivity contribution >= 4 is 0 Å². The minimum absolute atomic E-state index is 0.529. The number of hydrogen-bond donors (Lipinski definition) is 1. The van der Waals surface area contributed by atoms with Gasteiger partial charge in [-0.25, -0.2) is 0 Å². The van der Waals surface area contributed by atoms with Gasteiger partial charge in [0.25, 0.3) is 0 Å². The molecule has 0 amide bonds. The first-order valence-electron chi connectivity index (χ1n) is 8.57. The lowest BCUT2D eigenvalue weighted by atomic mass is 9.82. The second-order valence-electron chi connectivity index (χ2n) is 7.57. The number of nitrogens with one attached hydrogen (secondary N) is 1. The highest BCUT2D eigenvalue weighted by Crippen LogP contribution is 2.44. The summed E-state index contributed by atoms with van der Waals surface area (Å²) in [5, 5.41) is 3.78. The normalized spacial score (nSPS) is 35.8. The van der Waals surface area contributed by atoms with Gasteiger partial charge in [-0.2, -0.15) is 0 Å². The van der Waals surface area contributed by atoms with E-state index in [9.17, 15) is 0 Å². The van der Waals surface area contributed by atoms with E-state index in [-0.39, 0.29) is 0 Å². The van der Waals surface area contributed by atoms with Crippen LogP contribution in [0.15, 0.2) is 0 Å².